The van der Waals surface area contributed by atoms with E-state index in [1.54, 1.807) is 32.0 Å². The number of aromatic nitrogens is 2. The van der Waals surface area contributed by atoms with E-state index in [-0.39, 0.29) is 0 Å². The molecule has 5 nitrogen and oxygen atoms in total. The highest BCUT2D eigenvalue weighted by molar-refractivity contribution is 6.33. The fourth-order valence-electron chi connectivity index (χ4n) is 4.46. The molecular weight excluding hydrogens is 432 g/mol. The number of fused-ring (bicyclic) bond motifs is 6. The summed E-state index contributed by atoms with van der Waals surface area (Å²) in [4.78, 5) is 8.23. The lowest BCUT2D eigenvalue weighted by molar-refractivity contribution is 0.0810. The smallest absolute Gasteiger partial charge is 0.141 e. The van der Waals surface area contributed by atoms with Gasteiger partial charge in [-0.2, -0.15) is 10.5 Å². The number of nitriles is 2. The normalized spacial score (nSPS) is 11.7. The predicted molar refractivity (Wildman–Crippen MR) is 131 cm³/mol. The fourth-order valence-corrected chi connectivity index (χ4v) is 4.63. The highest BCUT2D eigenvalue weighted by Gasteiger charge is 2.20. The van der Waals surface area contributed by atoms with Crippen LogP contribution in [-0.2, 0) is 6.42 Å². The standard InChI is InChI=1S/C27H19ClN4O/c1-27(2,33)12-15-6-8-19-21(10-15)22-11-18(28)7-9-20(22)25-24(19)31-26(32-25)23-16(13-29)4-3-5-17(23)14-30/h3-11,33H,12H2,1-2H3,(H,31,32). The molecule has 160 valence electrons. The quantitative estimate of drug-likeness (QED) is 0.317. The number of nitrogens with one attached hydrogen (secondary N) is 1. The van der Waals surface area contributed by atoms with E-state index in [4.69, 9.17) is 16.6 Å². The highest BCUT2D eigenvalue weighted by Crippen LogP contribution is 2.38. The molecule has 0 aliphatic heterocycles. The van der Waals surface area contributed by atoms with Crippen LogP contribution in [0.4, 0.5) is 0 Å². The molecule has 0 saturated heterocycles. The molecule has 1 aromatic heterocycles. The summed E-state index contributed by atoms with van der Waals surface area (Å²) in [5.41, 5.74) is 3.01. The summed E-state index contributed by atoms with van der Waals surface area (Å²) >= 11 is 6.36. The number of hydrogen-bond donors (Lipinski definition) is 2. The molecule has 0 bridgehead atoms. The van der Waals surface area contributed by atoms with Crippen molar-refractivity contribution in [1.29, 1.82) is 10.5 Å². The summed E-state index contributed by atoms with van der Waals surface area (Å²) < 4.78 is 0. The zero-order valence-electron chi connectivity index (χ0n) is 18.1. The van der Waals surface area contributed by atoms with E-state index in [1.165, 1.54) is 0 Å². The van der Waals surface area contributed by atoms with Crippen molar-refractivity contribution in [2.24, 2.45) is 0 Å². The summed E-state index contributed by atoms with van der Waals surface area (Å²) in [6.45, 7) is 3.58. The molecule has 2 N–H and O–H groups in total. The Labute approximate surface area is 195 Å². The van der Waals surface area contributed by atoms with E-state index in [0.29, 0.717) is 34.0 Å². The van der Waals surface area contributed by atoms with Crippen molar-refractivity contribution >= 4 is 44.2 Å². The van der Waals surface area contributed by atoms with Gasteiger partial charge in [0.25, 0.3) is 0 Å². The van der Waals surface area contributed by atoms with E-state index in [1.807, 2.05) is 30.3 Å². The van der Waals surface area contributed by atoms with Crippen LogP contribution in [0.3, 0.4) is 0 Å². The van der Waals surface area contributed by atoms with Gasteiger partial charge in [0.05, 0.1) is 45.5 Å². The van der Waals surface area contributed by atoms with Gasteiger partial charge >= 0.3 is 0 Å². The molecule has 0 aliphatic rings. The summed E-state index contributed by atoms with van der Waals surface area (Å²) in [5.74, 6) is 0.475. The van der Waals surface area contributed by atoms with Gasteiger partial charge in [-0.1, -0.05) is 41.9 Å². The van der Waals surface area contributed by atoms with Gasteiger partial charge in [-0.05, 0) is 54.4 Å². The molecule has 0 saturated carbocycles. The Kier molecular flexibility index (Phi) is 4.83. The van der Waals surface area contributed by atoms with Crippen LogP contribution in [-0.4, -0.2) is 20.7 Å². The van der Waals surface area contributed by atoms with Crippen molar-refractivity contribution in [1.82, 2.24) is 9.97 Å². The number of aliphatic hydroxyl groups is 1. The first-order valence-electron chi connectivity index (χ1n) is 10.5. The molecular formula is C27H19ClN4O. The molecule has 0 aliphatic carbocycles. The fraction of sp³-hybridized carbons (Fsp3) is 0.148. The summed E-state index contributed by atoms with van der Waals surface area (Å²) in [7, 11) is 0. The van der Waals surface area contributed by atoms with Gasteiger partial charge < -0.3 is 10.1 Å². The minimum Gasteiger partial charge on any atom is -0.390 e. The van der Waals surface area contributed by atoms with Crippen LogP contribution in [0.15, 0.2) is 54.6 Å². The Hall–Kier alpha value is -3.90. The van der Waals surface area contributed by atoms with Crippen molar-refractivity contribution in [3.8, 4) is 23.5 Å². The van der Waals surface area contributed by atoms with Gasteiger partial charge in [0.15, 0.2) is 0 Å². The third kappa shape index (κ3) is 3.58. The molecule has 0 atom stereocenters. The number of imidazole rings is 1. The average Bonchev–Trinajstić information content (AvgIpc) is 3.22. The molecule has 5 aromatic rings. The third-order valence-corrected chi connectivity index (χ3v) is 6.00. The molecule has 0 radical (unpaired) electrons. The zero-order chi connectivity index (χ0) is 23.3. The van der Waals surface area contributed by atoms with Crippen LogP contribution in [0.2, 0.25) is 5.02 Å². The number of hydrogen-bond acceptors (Lipinski definition) is 4. The minimum atomic E-state index is -0.832. The first-order chi connectivity index (χ1) is 15.8. The van der Waals surface area contributed by atoms with Gasteiger partial charge in [0.1, 0.15) is 5.82 Å². The van der Waals surface area contributed by atoms with E-state index in [9.17, 15) is 15.6 Å². The van der Waals surface area contributed by atoms with E-state index in [0.717, 1.165) is 38.1 Å². The summed E-state index contributed by atoms with van der Waals surface area (Å²) in [6.07, 6.45) is 0.512. The number of halogens is 1. The predicted octanol–water partition coefficient (Wildman–Crippen LogP) is 6.25. The Morgan fingerprint density at radius 2 is 1.61 bits per heavy atom. The molecule has 4 aromatic carbocycles. The van der Waals surface area contributed by atoms with Gasteiger partial charge in [0.2, 0.25) is 0 Å². The monoisotopic (exact) mass is 450 g/mol. The third-order valence-electron chi connectivity index (χ3n) is 5.76. The van der Waals surface area contributed by atoms with Crippen molar-refractivity contribution in [3.05, 3.63) is 76.3 Å². The Bertz CT molecular complexity index is 1630. The van der Waals surface area contributed by atoms with Gasteiger partial charge in [0, 0.05) is 22.2 Å². The second kappa shape index (κ2) is 7.60. The lowest BCUT2D eigenvalue weighted by Gasteiger charge is -2.17. The maximum atomic E-state index is 10.3. The van der Waals surface area contributed by atoms with Crippen LogP contribution < -0.4 is 0 Å². The van der Waals surface area contributed by atoms with Crippen molar-refractivity contribution in [2.45, 2.75) is 25.9 Å². The van der Waals surface area contributed by atoms with Crippen molar-refractivity contribution in [2.75, 3.05) is 0 Å². The number of benzene rings is 4. The molecule has 0 amide bonds. The maximum absolute atomic E-state index is 10.3. The summed E-state index contributed by atoms with van der Waals surface area (Å²) in [5, 5.41) is 34.0. The molecule has 0 spiro atoms. The Balaban J connectivity index is 1.89. The first kappa shape index (κ1) is 21.0. The molecule has 33 heavy (non-hydrogen) atoms. The van der Waals surface area contributed by atoms with Crippen LogP contribution >= 0.6 is 11.6 Å². The van der Waals surface area contributed by atoms with Gasteiger partial charge in [-0.15, -0.1) is 0 Å². The minimum absolute atomic E-state index is 0.386. The van der Waals surface area contributed by atoms with Crippen LogP contribution in [0.5, 0.6) is 0 Å². The average molecular weight is 451 g/mol. The lowest BCUT2D eigenvalue weighted by atomic mass is 9.93. The van der Waals surface area contributed by atoms with Crippen LogP contribution in [0.25, 0.3) is 44.0 Å². The Morgan fingerprint density at radius 3 is 2.27 bits per heavy atom. The highest BCUT2D eigenvalue weighted by atomic mass is 35.5. The summed E-state index contributed by atoms with van der Waals surface area (Å²) in [6, 6.07) is 21.2. The maximum Gasteiger partial charge on any atom is 0.141 e. The molecule has 6 heteroatoms. The van der Waals surface area contributed by atoms with Crippen molar-refractivity contribution < 1.29 is 5.11 Å². The number of rotatable bonds is 3. The first-order valence-corrected chi connectivity index (χ1v) is 10.9. The number of nitrogens with zero attached hydrogens (tertiary/aromatic N) is 3. The van der Waals surface area contributed by atoms with E-state index < -0.39 is 5.60 Å². The van der Waals surface area contributed by atoms with E-state index in [2.05, 4.69) is 23.2 Å². The van der Waals surface area contributed by atoms with Gasteiger partial charge in [-0.25, -0.2) is 4.98 Å². The molecule has 0 fully saturated rings. The largest absolute Gasteiger partial charge is 0.390 e. The molecule has 0 unspecified atom stereocenters. The Morgan fingerprint density at radius 1 is 0.939 bits per heavy atom. The molecule has 5 rings (SSSR count). The van der Waals surface area contributed by atoms with Crippen molar-refractivity contribution in [3.63, 3.8) is 0 Å². The second-order valence-electron chi connectivity index (χ2n) is 8.82. The van der Waals surface area contributed by atoms with Crippen LogP contribution in [0, 0.1) is 22.7 Å². The molecule has 1 heterocycles. The SMILES string of the molecule is CC(C)(O)Cc1ccc2c(c1)c1cc(Cl)ccc1c1nc(-c3c(C#N)cccc3C#N)[nH]c21. The second-order valence-corrected chi connectivity index (χ2v) is 9.26. The number of H-pyrrole nitrogens is 1. The lowest BCUT2D eigenvalue weighted by Crippen LogP contribution is -2.21. The van der Waals surface area contributed by atoms with Crippen LogP contribution in [0.1, 0.15) is 30.5 Å². The van der Waals surface area contributed by atoms with Gasteiger partial charge in [-0.3, -0.25) is 0 Å². The van der Waals surface area contributed by atoms with E-state index >= 15 is 0 Å². The number of aromatic amines is 1. The zero-order valence-corrected chi connectivity index (χ0v) is 18.8. The topological polar surface area (TPSA) is 96.5 Å².